The van der Waals surface area contributed by atoms with Crippen molar-refractivity contribution in [2.75, 3.05) is 6.54 Å². The SMILES string of the molecule is CC(C)(C)C(NC(=O)C(F)(F)F)C(=O)N1C[C@H]2[C@@H]([C@H]1C(=O)NC(C#N)c1cnnc3ccccc13)C2(C)C. The van der Waals surface area contributed by atoms with E-state index < -0.39 is 47.4 Å². The molecule has 1 aromatic heterocycles. The van der Waals surface area contributed by atoms with Gasteiger partial charge in [0.15, 0.2) is 0 Å². The summed E-state index contributed by atoms with van der Waals surface area (Å²) >= 11 is 0. The van der Waals surface area contributed by atoms with Crippen molar-refractivity contribution in [3.05, 3.63) is 36.0 Å². The van der Waals surface area contributed by atoms with Crippen LogP contribution in [0.25, 0.3) is 10.9 Å². The van der Waals surface area contributed by atoms with Gasteiger partial charge >= 0.3 is 12.1 Å². The van der Waals surface area contributed by atoms with E-state index in [1.807, 2.05) is 19.2 Å². The Morgan fingerprint density at radius 2 is 1.82 bits per heavy atom. The minimum absolute atomic E-state index is 0.0508. The summed E-state index contributed by atoms with van der Waals surface area (Å²) in [7, 11) is 0. The number of nitrogens with zero attached hydrogens (tertiary/aromatic N) is 4. The summed E-state index contributed by atoms with van der Waals surface area (Å²) < 4.78 is 39.1. The van der Waals surface area contributed by atoms with E-state index >= 15 is 0 Å². The van der Waals surface area contributed by atoms with Gasteiger partial charge in [-0.15, -0.1) is 0 Å². The number of nitrogens with one attached hydrogen (secondary N) is 2. The number of rotatable bonds is 5. The van der Waals surface area contributed by atoms with Gasteiger partial charge in [-0.25, -0.2) is 0 Å². The molecular formula is C26H29F3N6O3. The predicted octanol–water partition coefficient (Wildman–Crippen LogP) is 2.89. The topological polar surface area (TPSA) is 128 Å². The Morgan fingerprint density at radius 3 is 2.42 bits per heavy atom. The molecule has 9 nitrogen and oxygen atoms in total. The first-order chi connectivity index (χ1) is 17.6. The molecule has 2 heterocycles. The number of hydrogen-bond acceptors (Lipinski definition) is 6. The van der Waals surface area contributed by atoms with Crippen LogP contribution in [0.4, 0.5) is 13.2 Å². The minimum Gasteiger partial charge on any atom is -0.336 e. The van der Waals surface area contributed by atoms with Crippen molar-refractivity contribution >= 4 is 28.6 Å². The lowest BCUT2D eigenvalue weighted by atomic mass is 9.85. The van der Waals surface area contributed by atoms with Crippen molar-refractivity contribution in [2.45, 2.75) is 58.9 Å². The van der Waals surface area contributed by atoms with E-state index in [1.54, 1.807) is 24.3 Å². The highest BCUT2D eigenvalue weighted by atomic mass is 19.4. The minimum atomic E-state index is -5.17. The third kappa shape index (κ3) is 4.77. The molecule has 0 radical (unpaired) electrons. The van der Waals surface area contributed by atoms with E-state index in [9.17, 15) is 32.8 Å². The van der Waals surface area contributed by atoms with Gasteiger partial charge in [-0.3, -0.25) is 14.4 Å². The molecular weight excluding hydrogens is 501 g/mol. The Hall–Kier alpha value is -3.75. The summed E-state index contributed by atoms with van der Waals surface area (Å²) in [5, 5.41) is 23.0. The molecule has 0 bridgehead atoms. The standard InChI is InChI=1S/C26H29F3N6O3/c1-24(2,3)20(33-23(38)26(27,28)29)22(37)35-12-15-18(25(15,4)5)19(35)21(36)32-17(10-30)14-11-31-34-16-9-7-6-8-13(14)16/h6-9,11,15,17-20H,12H2,1-5H3,(H,32,36)(H,33,38)/t15-,17?,18-,19-,20?/m0/s1. The Balaban J connectivity index is 1.63. The number of nitriles is 1. The van der Waals surface area contributed by atoms with Gasteiger partial charge in [0.2, 0.25) is 11.8 Å². The molecule has 2 aromatic rings. The molecule has 2 N–H and O–H groups in total. The Morgan fingerprint density at radius 1 is 1.16 bits per heavy atom. The summed E-state index contributed by atoms with van der Waals surface area (Å²) in [6.07, 6.45) is -3.78. The number of benzene rings is 1. The maximum absolute atomic E-state index is 13.7. The summed E-state index contributed by atoms with van der Waals surface area (Å²) in [5.74, 6) is -3.90. The average molecular weight is 531 g/mol. The predicted molar refractivity (Wildman–Crippen MR) is 130 cm³/mol. The molecule has 1 aromatic carbocycles. The highest BCUT2D eigenvalue weighted by Crippen LogP contribution is 2.65. The van der Waals surface area contributed by atoms with Gasteiger partial charge in [-0.1, -0.05) is 52.8 Å². The van der Waals surface area contributed by atoms with Crippen LogP contribution in [0.15, 0.2) is 30.5 Å². The second kappa shape index (κ2) is 9.22. The van der Waals surface area contributed by atoms with E-state index in [0.717, 1.165) is 0 Å². The second-order valence-electron chi connectivity index (χ2n) is 11.5. The molecule has 12 heteroatoms. The van der Waals surface area contributed by atoms with E-state index in [1.165, 1.54) is 31.9 Å². The van der Waals surface area contributed by atoms with Crippen LogP contribution in [0, 0.1) is 34.0 Å². The smallest absolute Gasteiger partial charge is 0.336 e. The average Bonchev–Trinajstić information content (AvgIpc) is 3.16. The fourth-order valence-corrected chi connectivity index (χ4v) is 5.51. The first-order valence-corrected chi connectivity index (χ1v) is 12.2. The molecule has 1 aliphatic carbocycles. The molecule has 5 atom stereocenters. The van der Waals surface area contributed by atoms with E-state index in [4.69, 9.17) is 0 Å². The maximum atomic E-state index is 13.7. The number of likely N-dealkylation sites (tertiary alicyclic amines) is 1. The Labute approximate surface area is 217 Å². The zero-order valence-electron chi connectivity index (χ0n) is 21.6. The van der Waals surface area contributed by atoms with Crippen LogP contribution in [0.3, 0.4) is 0 Å². The first-order valence-electron chi connectivity index (χ1n) is 12.2. The second-order valence-corrected chi connectivity index (χ2v) is 11.5. The highest BCUT2D eigenvalue weighted by molar-refractivity contribution is 5.95. The van der Waals surface area contributed by atoms with Gasteiger partial charge in [-0.05, 0) is 28.7 Å². The molecule has 1 aliphatic heterocycles. The van der Waals surface area contributed by atoms with Crippen molar-refractivity contribution in [2.24, 2.45) is 22.7 Å². The zero-order chi connectivity index (χ0) is 28.2. The zero-order valence-corrected chi connectivity index (χ0v) is 21.6. The number of aromatic nitrogens is 2. The highest BCUT2D eigenvalue weighted by Gasteiger charge is 2.70. The molecule has 3 amide bonds. The van der Waals surface area contributed by atoms with Crippen LogP contribution in [-0.4, -0.2) is 57.6 Å². The van der Waals surface area contributed by atoms with E-state index in [0.29, 0.717) is 16.5 Å². The molecule has 1 saturated heterocycles. The van der Waals surface area contributed by atoms with Crippen molar-refractivity contribution in [3.63, 3.8) is 0 Å². The molecule has 202 valence electrons. The summed E-state index contributed by atoms with van der Waals surface area (Å²) in [6.45, 7) is 8.68. The molecule has 2 unspecified atom stereocenters. The lowest BCUT2D eigenvalue weighted by Crippen LogP contribution is -2.60. The van der Waals surface area contributed by atoms with Crippen molar-refractivity contribution in [1.29, 1.82) is 5.26 Å². The molecule has 2 aliphatic rings. The van der Waals surface area contributed by atoms with Crippen LogP contribution < -0.4 is 10.6 Å². The van der Waals surface area contributed by atoms with E-state index in [-0.39, 0.29) is 23.8 Å². The number of carbonyl (C=O) groups is 3. The summed E-state index contributed by atoms with van der Waals surface area (Å²) in [6, 6.07) is 5.41. The fourth-order valence-electron chi connectivity index (χ4n) is 5.51. The van der Waals surface area contributed by atoms with Crippen LogP contribution >= 0.6 is 0 Å². The molecule has 2 fully saturated rings. The van der Waals surface area contributed by atoms with Crippen LogP contribution in [0.1, 0.15) is 46.2 Å². The largest absolute Gasteiger partial charge is 0.471 e. The number of carbonyl (C=O) groups excluding carboxylic acids is 3. The van der Waals surface area contributed by atoms with Gasteiger partial charge in [0.25, 0.3) is 0 Å². The number of alkyl halides is 3. The summed E-state index contributed by atoms with van der Waals surface area (Å²) in [4.78, 5) is 40.3. The first kappa shape index (κ1) is 27.3. The lowest BCUT2D eigenvalue weighted by Gasteiger charge is -2.37. The number of piperidine rings is 1. The van der Waals surface area contributed by atoms with Gasteiger partial charge < -0.3 is 15.5 Å². The van der Waals surface area contributed by atoms with Crippen molar-refractivity contribution < 1.29 is 27.6 Å². The third-order valence-electron chi connectivity index (χ3n) is 7.71. The molecule has 38 heavy (non-hydrogen) atoms. The number of hydrogen-bond donors (Lipinski definition) is 2. The number of halogens is 3. The Bertz CT molecular complexity index is 1320. The van der Waals surface area contributed by atoms with Gasteiger partial charge in [0.05, 0.1) is 17.8 Å². The van der Waals surface area contributed by atoms with Crippen LogP contribution in [0.2, 0.25) is 0 Å². The maximum Gasteiger partial charge on any atom is 0.471 e. The molecule has 4 rings (SSSR count). The normalized spacial score (nSPS) is 23.7. The van der Waals surface area contributed by atoms with Crippen molar-refractivity contribution in [1.82, 2.24) is 25.7 Å². The number of amides is 3. The van der Waals surface area contributed by atoms with E-state index in [2.05, 4.69) is 21.6 Å². The molecule has 1 saturated carbocycles. The van der Waals surface area contributed by atoms with Crippen LogP contribution in [0.5, 0.6) is 0 Å². The molecule has 0 spiro atoms. The van der Waals surface area contributed by atoms with Gasteiger partial charge in [0, 0.05) is 17.5 Å². The monoisotopic (exact) mass is 530 g/mol. The lowest BCUT2D eigenvalue weighted by molar-refractivity contribution is -0.176. The van der Waals surface area contributed by atoms with Crippen LogP contribution in [-0.2, 0) is 14.4 Å². The van der Waals surface area contributed by atoms with Crippen molar-refractivity contribution in [3.8, 4) is 6.07 Å². The fraction of sp³-hybridized carbons (Fsp3) is 0.538. The van der Waals surface area contributed by atoms with Gasteiger partial charge in [0.1, 0.15) is 18.1 Å². The van der Waals surface area contributed by atoms with Gasteiger partial charge in [-0.2, -0.15) is 28.6 Å². The third-order valence-corrected chi connectivity index (χ3v) is 7.71. The Kier molecular flexibility index (Phi) is 6.62. The summed E-state index contributed by atoms with van der Waals surface area (Å²) in [5.41, 5.74) is -0.385. The quantitative estimate of drug-likeness (QED) is 0.612. The number of fused-ring (bicyclic) bond motifs is 2.